The summed E-state index contributed by atoms with van der Waals surface area (Å²) in [7, 11) is 0. The second-order valence-corrected chi connectivity index (χ2v) is 4.50. The minimum Gasteiger partial charge on any atom is -0.399 e. The van der Waals surface area contributed by atoms with Gasteiger partial charge in [-0.05, 0) is 36.5 Å². The van der Waals surface area contributed by atoms with Crippen LogP contribution in [0.5, 0.6) is 0 Å². The molecule has 0 amide bonds. The first kappa shape index (κ1) is 10.5. The maximum absolute atomic E-state index is 9.48. The molecule has 0 saturated heterocycles. The zero-order valence-electron chi connectivity index (χ0n) is 9.02. The summed E-state index contributed by atoms with van der Waals surface area (Å²) in [4.78, 5) is 0. The highest BCUT2D eigenvalue weighted by Crippen LogP contribution is 2.37. The van der Waals surface area contributed by atoms with E-state index in [1.54, 1.807) is 0 Å². The molecule has 3 N–H and O–H groups in total. The van der Waals surface area contributed by atoms with Crippen LogP contribution < -0.4 is 5.73 Å². The number of hydrogen-bond acceptors (Lipinski definition) is 2. The molecule has 0 bridgehead atoms. The summed E-state index contributed by atoms with van der Waals surface area (Å²) < 4.78 is 0. The number of rotatable bonds is 3. The van der Waals surface area contributed by atoms with E-state index in [1.165, 1.54) is 31.2 Å². The fourth-order valence-electron chi connectivity index (χ4n) is 2.63. The molecule has 15 heavy (non-hydrogen) atoms. The lowest BCUT2D eigenvalue weighted by molar-refractivity contribution is 0.226. The van der Waals surface area contributed by atoms with Gasteiger partial charge in [-0.1, -0.05) is 25.0 Å². The molecule has 2 heteroatoms. The Hall–Kier alpha value is -1.02. The predicted molar refractivity (Wildman–Crippen MR) is 62.6 cm³/mol. The van der Waals surface area contributed by atoms with Gasteiger partial charge in [0.1, 0.15) is 0 Å². The number of nitrogen functional groups attached to an aromatic ring is 1. The Morgan fingerprint density at radius 1 is 1.20 bits per heavy atom. The van der Waals surface area contributed by atoms with E-state index in [9.17, 15) is 5.11 Å². The Balaban J connectivity index is 2.14. The molecule has 0 aliphatic heterocycles. The molecule has 1 aromatic rings. The van der Waals surface area contributed by atoms with Crippen molar-refractivity contribution in [2.45, 2.75) is 31.6 Å². The third-order valence-electron chi connectivity index (χ3n) is 3.53. The summed E-state index contributed by atoms with van der Waals surface area (Å²) in [5, 5.41) is 9.48. The van der Waals surface area contributed by atoms with Crippen molar-refractivity contribution in [3.05, 3.63) is 29.8 Å². The van der Waals surface area contributed by atoms with Gasteiger partial charge in [0, 0.05) is 11.6 Å². The van der Waals surface area contributed by atoms with Gasteiger partial charge in [0.15, 0.2) is 0 Å². The maximum Gasteiger partial charge on any atom is 0.0502 e. The van der Waals surface area contributed by atoms with Gasteiger partial charge >= 0.3 is 0 Å². The summed E-state index contributed by atoms with van der Waals surface area (Å²) in [6, 6.07) is 7.95. The van der Waals surface area contributed by atoms with Crippen LogP contribution in [0.15, 0.2) is 24.3 Å². The molecular weight excluding hydrogens is 186 g/mol. The fraction of sp³-hybridized carbons (Fsp3) is 0.538. The highest BCUT2D eigenvalue weighted by atomic mass is 16.3. The molecule has 82 valence electrons. The highest BCUT2D eigenvalue weighted by molar-refractivity contribution is 5.40. The van der Waals surface area contributed by atoms with Crippen molar-refractivity contribution >= 4 is 5.69 Å². The smallest absolute Gasteiger partial charge is 0.0502 e. The second kappa shape index (κ2) is 4.67. The van der Waals surface area contributed by atoms with Gasteiger partial charge in [0.25, 0.3) is 0 Å². The summed E-state index contributed by atoms with van der Waals surface area (Å²) in [6.07, 6.45) is 5.15. The van der Waals surface area contributed by atoms with Crippen LogP contribution in [0, 0.1) is 5.92 Å². The Labute approximate surface area is 91.1 Å². The first-order chi connectivity index (χ1) is 7.31. The lowest BCUT2D eigenvalue weighted by atomic mass is 9.85. The summed E-state index contributed by atoms with van der Waals surface area (Å²) in [5.74, 6) is 0.978. The van der Waals surface area contributed by atoms with Crippen molar-refractivity contribution in [1.82, 2.24) is 0 Å². The molecule has 1 unspecified atom stereocenters. The molecule has 1 aliphatic carbocycles. The molecule has 2 nitrogen and oxygen atoms in total. The van der Waals surface area contributed by atoms with E-state index in [-0.39, 0.29) is 6.61 Å². The van der Waals surface area contributed by atoms with Gasteiger partial charge in [0.2, 0.25) is 0 Å². The Morgan fingerprint density at radius 3 is 2.33 bits per heavy atom. The van der Waals surface area contributed by atoms with E-state index in [0.29, 0.717) is 11.8 Å². The van der Waals surface area contributed by atoms with Crippen LogP contribution in [0.4, 0.5) is 5.69 Å². The molecule has 0 aromatic heterocycles. The van der Waals surface area contributed by atoms with Crippen LogP contribution >= 0.6 is 0 Å². The van der Waals surface area contributed by atoms with Crippen molar-refractivity contribution in [3.8, 4) is 0 Å². The summed E-state index contributed by atoms with van der Waals surface area (Å²) in [6.45, 7) is 0.259. The quantitative estimate of drug-likeness (QED) is 0.745. The molecule has 1 saturated carbocycles. The van der Waals surface area contributed by atoms with E-state index in [2.05, 4.69) is 12.1 Å². The molecule has 1 fully saturated rings. The monoisotopic (exact) mass is 205 g/mol. The Bertz CT molecular complexity index is 301. The molecule has 0 spiro atoms. The normalized spacial score (nSPS) is 19.3. The predicted octanol–water partition coefficient (Wildman–Crippen LogP) is 2.53. The lowest BCUT2D eigenvalue weighted by Crippen LogP contribution is -2.13. The first-order valence-corrected chi connectivity index (χ1v) is 5.77. The van der Waals surface area contributed by atoms with Crippen LogP contribution in [-0.2, 0) is 0 Å². The molecular formula is C13H19NO. The van der Waals surface area contributed by atoms with Crippen molar-refractivity contribution in [1.29, 1.82) is 0 Å². The van der Waals surface area contributed by atoms with Gasteiger partial charge in [-0.3, -0.25) is 0 Å². The first-order valence-electron chi connectivity index (χ1n) is 5.77. The average Bonchev–Trinajstić information content (AvgIpc) is 2.75. The van der Waals surface area contributed by atoms with E-state index < -0.39 is 0 Å². The van der Waals surface area contributed by atoms with Gasteiger partial charge in [-0.2, -0.15) is 0 Å². The topological polar surface area (TPSA) is 46.2 Å². The largest absolute Gasteiger partial charge is 0.399 e. The second-order valence-electron chi connectivity index (χ2n) is 4.50. The third-order valence-corrected chi connectivity index (χ3v) is 3.53. The van der Waals surface area contributed by atoms with Crippen LogP contribution in [0.1, 0.15) is 37.2 Å². The average molecular weight is 205 g/mol. The molecule has 2 rings (SSSR count). The van der Waals surface area contributed by atoms with Crippen molar-refractivity contribution in [2.24, 2.45) is 5.92 Å². The molecule has 1 atom stereocenters. The van der Waals surface area contributed by atoms with Crippen LogP contribution in [0.3, 0.4) is 0 Å². The van der Waals surface area contributed by atoms with Gasteiger partial charge in [-0.25, -0.2) is 0 Å². The van der Waals surface area contributed by atoms with E-state index in [1.807, 2.05) is 12.1 Å². The van der Waals surface area contributed by atoms with Gasteiger partial charge in [-0.15, -0.1) is 0 Å². The number of hydrogen-bond donors (Lipinski definition) is 2. The SMILES string of the molecule is Nc1ccc(C(CO)C2CCCC2)cc1. The van der Waals surface area contributed by atoms with Crippen molar-refractivity contribution in [3.63, 3.8) is 0 Å². The fourth-order valence-corrected chi connectivity index (χ4v) is 2.63. The Morgan fingerprint density at radius 2 is 1.80 bits per heavy atom. The van der Waals surface area contributed by atoms with Gasteiger partial charge < -0.3 is 10.8 Å². The van der Waals surface area contributed by atoms with Crippen LogP contribution in [0.25, 0.3) is 0 Å². The maximum atomic E-state index is 9.48. The molecule has 1 aromatic carbocycles. The van der Waals surface area contributed by atoms with Crippen molar-refractivity contribution < 1.29 is 5.11 Å². The standard InChI is InChI=1S/C13H19NO/c14-12-7-5-11(6-8-12)13(9-15)10-3-1-2-4-10/h5-8,10,13,15H,1-4,9,14H2. The molecule has 0 heterocycles. The zero-order chi connectivity index (χ0) is 10.7. The van der Waals surface area contributed by atoms with Gasteiger partial charge in [0.05, 0.1) is 6.61 Å². The minimum absolute atomic E-state index is 0.259. The highest BCUT2D eigenvalue weighted by Gasteiger charge is 2.25. The van der Waals surface area contributed by atoms with Crippen LogP contribution in [0.2, 0.25) is 0 Å². The number of benzene rings is 1. The van der Waals surface area contributed by atoms with Crippen LogP contribution in [-0.4, -0.2) is 11.7 Å². The lowest BCUT2D eigenvalue weighted by Gasteiger charge is -2.21. The van der Waals surface area contributed by atoms with E-state index >= 15 is 0 Å². The number of anilines is 1. The van der Waals surface area contributed by atoms with E-state index in [4.69, 9.17) is 5.73 Å². The molecule has 1 aliphatic rings. The zero-order valence-corrected chi connectivity index (χ0v) is 9.02. The minimum atomic E-state index is 0.259. The number of aliphatic hydroxyl groups is 1. The number of aliphatic hydroxyl groups excluding tert-OH is 1. The number of nitrogens with two attached hydrogens (primary N) is 1. The van der Waals surface area contributed by atoms with E-state index in [0.717, 1.165) is 5.69 Å². The Kier molecular flexibility index (Phi) is 3.27. The molecule has 0 radical (unpaired) electrons. The summed E-state index contributed by atoms with van der Waals surface area (Å²) in [5.41, 5.74) is 7.69. The summed E-state index contributed by atoms with van der Waals surface area (Å²) >= 11 is 0. The third kappa shape index (κ3) is 2.32. The van der Waals surface area contributed by atoms with Crippen molar-refractivity contribution in [2.75, 3.05) is 12.3 Å².